The first kappa shape index (κ1) is 25.4. The summed E-state index contributed by atoms with van der Waals surface area (Å²) in [4.78, 5) is 0. The molecule has 0 unspecified atom stereocenters. The molecule has 0 bridgehead atoms. The standard InChI is InChI=1S/C18H42O6Si3/c1-7-13-19-16-25(10-4)22-26(11-5,17-20-14-8-2)24-27(12-6,23-25)18-21-15-9-3/h7-18H2,1-6H3. The maximum atomic E-state index is 6.78. The summed E-state index contributed by atoms with van der Waals surface area (Å²) in [5.41, 5.74) is 0. The molecule has 0 aliphatic carbocycles. The summed E-state index contributed by atoms with van der Waals surface area (Å²) < 4.78 is 38.2. The van der Waals surface area contributed by atoms with Gasteiger partial charge in [-0.2, -0.15) is 0 Å². The third-order valence-electron chi connectivity index (χ3n) is 4.74. The molecule has 6 nitrogen and oxygen atoms in total. The van der Waals surface area contributed by atoms with Gasteiger partial charge in [-0.3, -0.25) is 0 Å². The molecule has 0 atom stereocenters. The van der Waals surface area contributed by atoms with Crippen LogP contribution in [-0.4, -0.2) is 64.2 Å². The predicted octanol–water partition coefficient (Wildman–Crippen LogP) is 4.33. The molecule has 0 aromatic carbocycles. The lowest BCUT2D eigenvalue weighted by atomic mass is 10.5. The Morgan fingerprint density at radius 3 is 0.926 bits per heavy atom. The van der Waals surface area contributed by atoms with E-state index in [1.54, 1.807) is 0 Å². The second-order valence-electron chi connectivity index (χ2n) is 7.26. The smallest absolute Gasteiger partial charge is 0.347 e. The summed E-state index contributed by atoms with van der Waals surface area (Å²) in [5.74, 6) is 0. The van der Waals surface area contributed by atoms with Gasteiger partial charge in [-0.1, -0.05) is 41.5 Å². The van der Waals surface area contributed by atoms with E-state index in [0.717, 1.165) is 57.2 Å². The fourth-order valence-electron chi connectivity index (χ4n) is 3.11. The molecule has 1 rings (SSSR count). The van der Waals surface area contributed by atoms with E-state index in [-0.39, 0.29) is 0 Å². The van der Waals surface area contributed by atoms with Crippen LogP contribution in [0.5, 0.6) is 0 Å². The van der Waals surface area contributed by atoms with Crippen LogP contribution in [0.1, 0.15) is 60.8 Å². The summed E-state index contributed by atoms with van der Waals surface area (Å²) in [5, 5.41) is 0. The fraction of sp³-hybridized carbons (Fsp3) is 1.00. The molecule has 1 fully saturated rings. The van der Waals surface area contributed by atoms with Gasteiger partial charge < -0.3 is 26.6 Å². The van der Waals surface area contributed by atoms with Gasteiger partial charge in [0.2, 0.25) is 0 Å². The summed E-state index contributed by atoms with van der Waals surface area (Å²) >= 11 is 0. The SMILES string of the molecule is CCCOC[Si]1(CC)O[Si](CC)(COCCC)O[Si](CC)(COCCC)O1. The Morgan fingerprint density at radius 2 is 0.741 bits per heavy atom. The van der Waals surface area contributed by atoms with E-state index in [1.807, 2.05) is 0 Å². The third-order valence-corrected chi connectivity index (χ3v) is 18.8. The summed E-state index contributed by atoms with van der Waals surface area (Å²) in [6, 6.07) is 2.60. The Balaban J connectivity index is 3.10. The lowest BCUT2D eigenvalue weighted by molar-refractivity contribution is 0.0847. The molecular formula is C18H42O6Si3. The van der Waals surface area contributed by atoms with Gasteiger partial charge in [0.05, 0.1) is 18.7 Å². The van der Waals surface area contributed by atoms with Crippen molar-refractivity contribution in [3.05, 3.63) is 0 Å². The minimum atomic E-state index is -2.51. The van der Waals surface area contributed by atoms with Gasteiger partial charge in [0, 0.05) is 19.8 Å². The highest BCUT2D eigenvalue weighted by atomic mass is 28.5. The zero-order valence-corrected chi connectivity index (χ0v) is 21.4. The topological polar surface area (TPSA) is 55.4 Å². The van der Waals surface area contributed by atoms with E-state index >= 15 is 0 Å². The molecule has 1 aliphatic rings. The largest absolute Gasteiger partial charge is 0.413 e. The highest BCUT2D eigenvalue weighted by molar-refractivity contribution is 6.94. The normalized spacial score (nSPS) is 31.3. The Hall–Kier alpha value is 0.411. The van der Waals surface area contributed by atoms with Crippen molar-refractivity contribution in [3.8, 4) is 0 Å². The predicted molar refractivity (Wildman–Crippen MR) is 115 cm³/mol. The zero-order chi connectivity index (χ0) is 20.2. The van der Waals surface area contributed by atoms with E-state index in [1.165, 1.54) is 0 Å². The van der Waals surface area contributed by atoms with Crippen LogP contribution >= 0.6 is 0 Å². The van der Waals surface area contributed by atoms with E-state index < -0.39 is 25.7 Å². The van der Waals surface area contributed by atoms with E-state index in [9.17, 15) is 0 Å². The minimum absolute atomic E-state index is 0.575. The van der Waals surface area contributed by atoms with E-state index in [2.05, 4.69) is 41.5 Å². The van der Waals surface area contributed by atoms with Crippen LogP contribution in [0, 0.1) is 0 Å². The molecule has 0 aromatic rings. The summed E-state index contributed by atoms with van der Waals surface area (Å²) in [6.45, 7) is 15.1. The minimum Gasteiger partial charge on any atom is -0.413 e. The van der Waals surface area contributed by atoms with Crippen LogP contribution in [0.4, 0.5) is 0 Å². The summed E-state index contributed by atoms with van der Waals surface area (Å²) in [6.07, 6.45) is 4.72. The highest BCUT2D eigenvalue weighted by Crippen LogP contribution is 2.37. The molecule has 1 aliphatic heterocycles. The van der Waals surface area contributed by atoms with Crippen LogP contribution in [0.3, 0.4) is 0 Å². The van der Waals surface area contributed by atoms with Crippen molar-refractivity contribution in [1.82, 2.24) is 0 Å². The van der Waals surface area contributed by atoms with Crippen LogP contribution in [0.25, 0.3) is 0 Å². The lowest BCUT2D eigenvalue weighted by Gasteiger charge is -2.52. The molecule has 1 heterocycles. The van der Waals surface area contributed by atoms with Crippen LogP contribution in [0.2, 0.25) is 18.1 Å². The molecule has 9 heteroatoms. The van der Waals surface area contributed by atoms with Crippen molar-refractivity contribution < 1.29 is 26.6 Å². The van der Waals surface area contributed by atoms with Crippen molar-refractivity contribution in [1.29, 1.82) is 0 Å². The molecular weight excluding hydrogens is 396 g/mol. The van der Waals surface area contributed by atoms with Crippen molar-refractivity contribution in [2.24, 2.45) is 0 Å². The second-order valence-corrected chi connectivity index (χ2v) is 18.2. The first-order valence-corrected chi connectivity index (χ1v) is 17.5. The molecule has 1 saturated heterocycles. The molecule has 162 valence electrons. The van der Waals surface area contributed by atoms with Gasteiger partial charge in [0.15, 0.2) is 0 Å². The molecule has 0 N–H and O–H groups in total. The first-order valence-electron chi connectivity index (χ1n) is 10.8. The van der Waals surface area contributed by atoms with Crippen LogP contribution in [0.15, 0.2) is 0 Å². The maximum Gasteiger partial charge on any atom is 0.347 e. The molecule has 0 aromatic heterocycles. The van der Waals surface area contributed by atoms with Crippen LogP contribution < -0.4 is 0 Å². The number of ether oxygens (including phenoxy) is 3. The van der Waals surface area contributed by atoms with Gasteiger partial charge in [-0.15, -0.1) is 0 Å². The van der Waals surface area contributed by atoms with Crippen molar-refractivity contribution in [2.45, 2.75) is 78.9 Å². The first-order chi connectivity index (χ1) is 13.0. The third kappa shape index (κ3) is 7.63. The number of hydrogen-bond acceptors (Lipinski definition) is 6. The van der Waals surface area contributed by atoms with Gasteiger partial charge in [0.1, 0.15) is 0 Å². The van der Waals surface area contributed by atoms with Crippen LogP contribution in [-0.2, 0) is 26.6 Å². The summed E-state index contributed by atoms with van der Waals surface area (Å²) in [7, 11) is -7.53. The van der Waals surface area contributed by atoms with Crippen molar-refractivity contribution in [3.63, 3.8) is 0 Å². The Bertz CT molecular complexity index is 336. The van der Waals surface area contributed by atoms with Gasteiger partial charge in [-0.05, 0) is 37.4 Å². The average Bonchev–Trinajstić information content (AvgIpc) is 2.68. The maximum absolute atomic E-state index is 6.78. The Kier molecular flexibility index (Phi) is 12.1. The van der Waals surface area contributed by atoms with Gasteiger partial charge in [0.25, 0.3) is 0 Å². The highest BCUT2D eigenvalue weighted by Gasteiger charge is 2.61. The quantitative estimate of drug-likeness (QED) is 0.280. The van der Waals surface area contributed by atoms with Gasteiger partial charge >= 0.3 is 25.7 Å². The Labute approximate surface area is 170 Å². The van der Waals surface area contributed by atoms with Crippen molar-refractivity contribution >= 4 is 25.7 Å². The number of hydrogen-bond donors (Lipinski definition) is 0. The van der Waals surface area contributed by atoms with Crippen molar-refractivity contribution in [2.75, 3.05) is 38.5 Å². The molecule has 0 radical (unpaired) electrons. The molecule has 27 heavy (non-hydrogen) atoms. The second kappa shape index (κ2) is 12.9. The molecule has 0 amide bonds. The number of rotatable bonds is 15. The van der Waals surface area contributed by atoms with Gasteiger partial charge in [-0.25, -0.2) is 0 Å². The van der Waals surface area contributed by atoms with E-state index in [0.29, 0.717) is 18.7 Å². The zero-order valence-electron chi connectivity index (χ0n) is 18.4. The molecule has 0 saturated carbocycles. The lowest BCUT2D eigenvalue weighted by Crippen LogP contribution is -2.74. The molecule has 0 spiro atoms. The average molecular weight is 439 g/mol. The van der Waals surface area contributed by atoms with E-state index in [4.69, 9.17) is 26.6 Å². The fourth-order valence-corrected chi connectivity index (χ4v) is 19.7. The monoisotopic (exact) mass is 438 g/mol. The Morgan fingerprint density at radius 1 is 0.481 bits per heavy atom.